The van der Waals surface area contributed by atoms with Gasteiger partial charge in [0.05, 0.1) is 30.2 Å². The van der Waals surface area contributed by atoms with Crippen molar-refractivity contribution < 1.29 is 14.2 Å². The van der Waals surface area contributed by atoms with Gasteiger partial charge in [0.15, 0.2) is 0 Å². The lowest BCUT2D eigenvalue weighted by molar-refractivity contribution is -0.115. The molecule has 0 unspecified atom stereocenters. The molecule has 2 N–H and O–H groups in total. The van der Waals surface area contributed by atoms with E-state index in [2.05, 4.69) is 26.0 Å². The molecule has 35 heavy (non-hydrogen) atoms. The second-order valence-electron chi connectivity index (χ2n) is 8.21. The third-order valence-corrected chi connectivity index (χ3v) is 5.46. The van der Waals surface area contributed by atoms with Crippen molar-refractivity contribution in [2.24, 2.45) is 0 Å². The van der Waals surface area contributed by atoms with Gasteiger partial charge in [0.1, 0.15) is 11.0 Å². The highest BCUT2D eigenvalue weighted by Crippen LogP contribution is 2.15. The van der Waals surface area contributed by atoms with Gasteiger partial charge in [-0.15, -0.1) is 0 Å². The zero-order valence-electron chi connectivity index (χ0n) is 18.9. The summed E-state index contributed by atoms with van der Waals surface area (Å²) in [5.41, 5.74) is 6.02. The van der Waals surface area contributed by atoms with Gasteiger partial charge in [0.2, 0.25) is 5.91 Å². The second kappa shape index (κ2) is 9.60. The molecule has 2 aromatic heterocycles. The minimum Gasteiger partial charge on any atom is -0.348 e. The quantitative estimate of drug-likeness (QED) is 0.377. The van der Waals surface area contributed by atoms with Crippen molar-refractivity contribution in [1.29, 1.82) is 0 Å². The van der Waals surface area contributed by atoms with Gasteiger partial charge in [-0.3, -0.25) is 9.59 Å². The van der Waals surface area contributed by atoms with Gasteiger partial charge in [-0.25, -0.2) is 9.31 Å². The van der Waals surface area contributed by atoms with E-state index in [4.69, 9.17) is 4.63 Å². The minimum atomic E-state index is -0.218. The Morgan fingerprint density at radius 2 is 1.80 bits per heavy atom. The van der Waals surface area contributed by atoms with Crippen LogP contribution in [0.3, 0.4) is 0 Å². The van der Waals surface area contributed by atoms with Crippen LogP contribution in [0.25, 0.3) is 16.7 Å². The first-order chi connectivity index (χ1) is 17.0. The zero-order valence-corrected chi connectivity index (χ0v) is 18.9. The van der Waals surface area contributed by atoms with Gasteiger partial charge >= 0.3 is 0 Å². The number of benzene rings is 3. The highest BCUT2D eigenvalue weighted by atomic mass is 16.6. The molecule has 5 rings (SSSR count). The van der Waals surface area contributed by atoms with Crippen molar-refractivity contribution in [1.82, 2.24) is 25.4 Å². The summed E-state index contributed by atoms with van der Waals surface area (Å²) in [6, 6.07) is 20.4. The number of carbonyl (C=O) groups excluding carboxylic acids is 2. The minimum absolute atomic E-state index is 0.122. The zero-order chi connectivity index (χ0) is 24.2. The fourth-order valence-electron chi connectivity index (χ4n) is 3.75. The van der Waals surface area contributed by atoms with E-state index in [0.717, 1.165) is 16.7 Å². The van der Waals surface area contributed by atoms with Crippen molar-refractivity contribution >= 4 is 28.5 Å². The molecular weight excluding hydrogens is 444 g/mol. The molecule has 5 aromatic rings. The molecule has 0 fully saturated rings. The number of anilines is 1. The molecule has 0 aliphatic carbocycles. The van der Waals surface area contributed by atoms with Crippen LogP contribution in [0.15, 0.2) is 83.8 Å². The van der Waals surface area contributed by atoms with Gasteiger partial charge in [0.25, 0.3) is 5.91 Å². The fraction of sp³-hybridized carbons (Fsp3) is 0.115. The molecule has 0 saturated heterocycles. The number of aromatic nitrogens is 4. The molecule has 0 bridgehead atoms. The number of fused-ring (bicyclic) bond motifs is 1. The molecule has 0 spiro atoms. The van der Waals surface area contributed by atoms with Crippen LogP contribution in [0, 0.1) is 6.92 Å². The first kappa shape index (κ1) is 22.0. The monoisotopic (exact) mass is 466 g/mol. The molecule has 0 atom stereocenters. The summed E-state index contributed by atoms with van der Waals surface area (Å²) in [4.78, 5) is 25.1. The number of carbonyl (C=O) groups is 2. The molecule has 3 aromatic carbocycles. The molecule has 2 heterocycles. The Morgan fingerprint density at radius 1 is 0.943 bits per heavy atom. The van der Waals surface area contributed by atoms with Gasteiger partial charge in [-0.05, 0) is 58.7 Å². The lowest BCUT2D eigenvalue weighted by Crippen LogP contribution is -2.22. The summed E-state index contributed by atoms with van der Waals surface area (Å²) >= 11 is 0. The Balaban J connectivity index is 1.22. The maximum atomic E-state index is 12.7. The van der Waals surface area contributed by atoms with Crippen LogP contribution in [0.2, 0.25) is 0 Å². The summed E-state index contributed by atoms with van der Waals surface area (Å²) in [6.07, 6.45) is 3.57. The van der Waals surface area contributed by atoms with Crippen LogP contribution in [0.1, 0.15) is 27.0 Å². The Bertz CT molecular complexity index is 1520. The van der Waals surface area contributed by atoms with Crippen LogP contribution in [-0.4, -0.2) is 31.9 Å². The SMILES string of the molecule is Cc1cccc(CC(=O)Nc2cnn(-c3cccc(C(=O)NCc4ccc5nonc5c4)c3)c2)c1. The van der Waals surface area contributed by atoms with Crippen molar-refractivity contribution in [3.63, 3.8) is 0 Å². The Morgan fingerprint density at radius 3 is 2.69 bits per heavy atom. The summed E-state index contributed by atoms with van der Waals surface area (Å²) in [6.45, 7) is 2.33. The molecule has 0 aliphatic heterocycles. The number of amides is 2. The topological polar surface area (TPSA) is 115 Å². The van der Waals surface area contributed by atoms with Crippen molar-refractivity contribution in [2.45, 2.75) is 19.9 Å². The second-order valence-corrected chi connectivity index (χ2v) is 8.21. The molecule has 2 amide bonds. The number of hydrogen-bond acceptors (Lipinski definition) is 6. The van der Waals surface area contributed by atoms with E-state index in [9.17, 15) is 9.59 Å². The normalized spacial score (nSPS) is 10.9. The smallest absolute Gasteiger partial charge is 0.251 e. The van der Waals surface area contributed by atoms with E-state index in [-0.39, 0.29) is 18.2 Å². The first-order valence-electron chi connectivity index (χ1n) is 11.0. The van der Waals surface area contributed by atoms with E-state index in [0.29, 0.717) is 34.5 Å². The van der Waals surface area contributed by atoms with Crippen molar-refractivity contribution in [3.05, 3.63) is 101 Å². The lowest BCUT2D eigenvalue weighted by Gasteiger charge is -2.07. The predicted molar refractivity (Wildman–Crippen MR) is 130 cm³/mol. The molecular formula is C26H22N6O3. The first-order valence-corrected chi connectivity index (χ1v) is 11.0. The molecule has 9 heteroatoms. The van der Waals surface area contributed by atoms with E-state index < -0.39 is 0 Å². The maximum Gasteiger partial charge on any atom is 0.251 e. The molecule has 0 saturated carbocycles. The molecule has 0 radical (unpaired) electrons. The average molecular weight is 467 g/mol. The third kappa shape index (κ3) is 5.25. The molecule has 174 valence electrons. The van der Waals surface area contributed by atoms with E-state index >= 15 is 0 Å². The Labute approximate surface area is 200 Å². The lowest BCUT2D eigenvalue weighted by atomic mass is 10.1. The van der Waals surface area contributed by atoms with Gasteiger partial charge < -0.3 is 10.6 Å². The maximum absolute atomic E-state index is 12.7. The van der Waals surface area contributed by atoms with Crippen LogP contribution >= 0.6 is 0 Å². The van der Waals surface area contributed by atoms with Crippen LogP contribution in [0.5, 0.6) is 0 Å². The fourth-order valence-corrected chi connectivity index (χ4v) is 3.75. The van der Waals surface area contributed by atoms with Gasteiger partial charge in [0, 0.05) is 12.1 Å². The summed E-state index contributed by atoms with van der Waals surface area (Å²) < 4.78 is 6.32. The van der Waals surface area contributed by atoms with Crippen LogP contribution in [-0.2, 0) is 17.8 Å². The number of nitrogens with zero attached hydrogens (tertiary/aromatic N) is 4. The predicted octanol–water partition coefficient (Wildman–Crippen LogP) is 3.83. The highest BCUT2D eigenvalue weighted by Gasteiger charge is 2.10. The highest BCUT2D eigenvalue weighted by molar-refractivity contribution is 5.95. The number of aryl methyl sites for hydroxylation is 1. The summed E-state index contributed by atoms with van der Waals surface area (Å²) in [7, 11) is 0. The standard InChI is InChI=1S/C26H22N6O3/c1-17-4-2-5-18(10-17)12-25(33)29-21-15-28-32(16-21)22-7-3-6-20(13-22)26(34)27-14-19-8-9-23-24(11-19)31-35-30-23/h2-11,13,15-16H,12,14H2,1H3,(H,27,34)(H,29,33). The Kier molecular flexibility index (Phi) is 6.04. The number of nitrogens with one attached hydrogen (secondary N) is 2. The van der Waals surface area contributed by atoms with Crippen LogP contribution < -0.4 is 10.6 Å². The summed E-state index contributed by atoms with van der Waals surface area (Å²) in [5, 5.41) is 17.7. The largest absolute Gasteiger partial charge is 0.348 e. The van der Waals surface area contributed by atoms with Crippen LogP contribution in [0.4, 0.5) is 5.69 Å². The Hall–Kier alpha value is -4.79. The van der Waals surface area contributed by atoms with Crippen molar-refractivity contribution in [3.8, 4) is 5.69 Å². The number of hydrogen-bond donors (Lipinski definition) is 2. The van der Waals surface area contributed by atoms with E-state index in [1.807, 2.05) is 49.4 Å². The van der Waals surface area contributed by atoms with Crippen molar-refractivity contribution in [2.75, 3.05) is 5.32 Å². The average Bonchev–Trinajstić information content (AvgIpc) is 3.52. The summed E-state index contributed by atoms with van der Waals surface area (Å²) in [5.74, 6) is -0.341. The van der Waals surface area contributed by atoms with E-state index in [1.54, 1.807) is 41.3 Å². The van der Waals surface area contributed by atoms with E-state index in [1.165, 1.54) is 0 Å². The van der Waals surface area contributed by atoms with Gasteiger partial charge in [-0.2, -0.15) is 5.10 Å². The molecule has 0 aliphatic rings. The molecule has 9 nitrogen and oxygen atoms in total. The number of rotatable bonds is 7. The third-order valence-electron chi connectivity index (χ3n) is 5.46. The van der Waals surface area contributed by atoms with Gasteiger partial charge in [-0.1, -0.05) is 42.0 Å².